The molecule has 0 saturated heterocycles. The fourth-order valence-corrected chi connectivity index (χ4v) is 4.95. The molecule has 0 atom stereocenters. The molecule has 0 amide bonds. The van der Waals surface area contributed by atoms with Crippen LogP contribution in [0.4, 0.5) is 13.2 Å². The molecule has 0 bridgehead atoms. The summed E-state index contributed by atoms with van der Waals surface area (Å²) in [7, 11) is 0. The van der Waals surface area contributed by atoms with Crippen molar-refractivity contribution in [3.05, 3.63) is 75.4 Å². The fraction of sp³-hybridized carbons (Fsp3) is 0.238. The second kappa shape index (κ2) is 10.8. The van der Waals surface area contributed by atoms with Gasteiger partial charge in [0.1, 0.15) is 0 Å². The Morgan fingerprint density at radius 2 is 1.65 bits per heavy atom. The zero-order chi connectivity index (χ0) is 22.4. The van der Waals surface area contributed by atoms with E-state index >= 15 is 0 Å². The lowest BCUT2D eigenvalue weighted by atomic mass is 10.1. The van der Waals surface area contributed by atoms with E-state index in [9.17, 15) is 13.2 Å². The van der Waals surface area contributed by atoms with Crippen molar-refractivity contribution in [3.8, 4) is 5.88 Å². The molecule has 0 aliphatic heterocycles. The van der Waals surface area contributed by atoms with E-state index in [1.54, 1.807) is 30.3 Å². The van der Waals surface area contributed by atoms with Crippen molar-refractivity contribution in [2.45, 2.75) is 34.7 Å². The molecule has 164 valence electrons. The van der Waals surface area contributed by atoms with Crippen LogP contribution in [0.1, 0.15) is 23.7 Å². The standard InChI is InChI=1S/C21H17Cl2F3N2OS2/c1-2-29-18-10-15(12-30-19-16(22)7-4-8-17(19)23)27-20(28-18)31-11-13-5-3-6-14(9-13)21(24,25)26/h3-10H,2,11-12H2,1H3. The summed E-state index contributed by atoms with van der Waals surface area (Å²) in [6.07, 6.45) is -4.38. The Balaban J connectivity index is 1.75. The fourth-order valence-electron chi connectivity index (χ4n) is 2.56. The van der Waals surface area contributed by atoms with Gasteiger partial charge in [-0.15, -0.1) is 11.8 Å². The molecule has 3 rings (SSSR count). The predicted octanol–water partition coefficient (Wildman–Crippen LogP) is 7.79. The Morgan fingerprint density at radius 1 is 0.935 bits per heavy atom. The van der Waals surface area contributed by atoms with Gasteiger partial charge in [-0.25, -0.2) is 4.98 Å². The normalized spacial score (nSPS) is 11.5. The highest BCUT2D eigenvalue weighted by atomic mass is 35.5. The van der Waals surface area contributed by atoms with Crippen molar-refractivity contribution >= 4 is 46.7 Å². The first-order valence-electron chi connectivity index (χ1n) is 9.12. The van der Waals surface area contributed by atoms with E-state index in [4.69, 9.17) is 27.9 Å². The van der Waals surface area contributed by atoms with Gasteiger partial charge >= 0.3 is 6.18 Å². The van der Waals surface area contributed by atoms with Gasteiger partial charge in [0.25, 0.3) is 0 Å². The van der Waals surface area contributed by atoms with Crippen LogP contribution in [-0.4, -0.2) is 16.6 Å². The van der Waals surface area contributed by atoms with Gasteiger partial charge in [-0.3, -0.25) is 0 Å². The summed E-state index contributed by atoms with van der Waals surface area (Å²) >= 11 is 15.1. The minimum absolute atomic E-state index is 0.294. The van der Waals surface area contributed by atoms with E-state index in [1.807, 2.05) is 6.92 Å². The molecule has 0 fully saturated rings. The van der Waals surface area contributed by atoms with Crippen molar-refractivity contribution in [2.24, 2.45) is 0 Å². The molecule has 1 heterocycles. The molecule has 3 aromatic rings. The summed E-state index contributed by atoms with van der Waals surface area (Å²) in [4.78, 5) is 9.61. The zero-order valence-corrected chi connectivity index (χ0v) is 19.4. The molecule has 31 heavy (non-hydrogen) atoms. The lowest BCUT2D eigenvalue weighted by Crippen LogP contribution is -2.05. The molecule has 0 N–H and O–H groups in total. The van der Waals surface area contributed by atoms with E-state index in [1.165, 1.54) is 29.6 Å². The number of hydrogen-bond donors (Lipinski definition) is 0. The van der Waals surface area contributed by atoms with Crippen LogP contribution < -0.4 is 4.74 Å². The summed E-state index contributed by atoms with van der Waals surface area (Å²) in [6.45, 7) is 2.27. The van der Waals surface area contributed by atoms with Gasteiger partial charge in [-0.1, -0.05) is 59.2 Å². The molecule has 0 saturated carbocycles. The summed E-state index contributed by atoms with van der Waals surface area (Å²) in [5, 5.41) is 1.52. The summed E-state index contributed by atoms with van der Waals surface area (Å²) in [5.74, 6) is 1.18. The second-order valence-corrected chi connectivity index (χ2v) is 8.98. The molecule has 3 nitrogen and oxygen atoms in total. The highest BCUT2D eigenvalue weighted by Crippen LogP contribution is 2.36. The number of rotatable bonds is 8. The SMILES string of the molecule is CCOc1cc(CSc2c(Cl)cccc2Cl)nc(SCc2cccc(C(F)(F)F)c2)n1. The van der Waals surface area contributed by atoms with E-state index in [-0.39, 0.29) is 0 Å². The number of aromatic nitrogens is 2. The Morgan fingerprint density at radius 3 is 2.32 bits per heavy atom. The Labute approximate surface area is 196 Å². The van der Waals surface area contributed by atoms with Crippen LogP contribution in [0.5, 0.6) is 5.88 Å². The number of ether oxygens (including phenoxy) is 1. The maximum atomic E-state index is 12.9. The van der Waals surface area contributed by atoms with Gasteiger partial charge in [0.15, 0.2) is 5.16 Å². The molecule has 0 radical (unpaired) electrons. The molecule has 0 unspecified atom stereocenters. The number of nitrogens with zero attached hydrogens (tertiary/aromatic N) is 2. The Bertz CT molecular complexity index is 1030. The van der Waals surface area contributed by atoms with E-state index < -0.39 is 11.7 Å². The summed E-state index contributed by atoms with van der Waals surface area (Å²) in [6, 6.07) is 12.3. The maximum Gasteiger partial charge on any atom is 0.416 e. The highest BCUT2D eigenvalue weighted by molar-refractivity contribution is 7.99. The third kappa shape index (κ3) is 6.94. The van der Waals surface area contributed by atoms with E-state index in [0.717, 1.165) is 17.0 Å². The molecule has 1 aromatic heterocycles. The van der Waals surface area contributed by atoms with Crippen LogP contribution >= 0.6 is 46.7 Å². The van der Waals surface area contributed by atoms with E-state index in [0.29, 0.717) is 50.5 Å². The molecule has 0 aliphatic carbocycles. The van der Waals surface area contributed by atoms with E-state index in [2.05, 4.69) is 9.97 Å². The van der Waals surface area contributed by atoms with Crippen LogP contribution in [0.15, 0.2) is 58.6 Å². The van der Waals surface area contributed by atoms with Gasteiger partial charge in [0, 0.05) is 22.5 Å². The third-order valence-electron chi connectivity index (χ3n) is 3.93. The Kier molecular flexibility index (Phi) is 8.38. The topological polar surface area (TPSA) is 35.0 Å². The van der Waals surface area contributed by atoms with Crippen LogP contribution in [-0.2, 0) is 17.7 Å². The number of halogens is 5. The number of benzene rings is 2. The average Bonchev–Trinajstić information content (AvgIpc) is 2.72. The monoisotopic (exact) mass is 504 g/mol. The summed E-state index contributed by atoms with van der Waals surface area (Å²) < 4.78 is 44.3. The highest BCUT2D eigenvalue weighted by Gasteiger charge is 2.30. The lowest BCUT2D eigenvalue weighted by molar-refractivity contribution is -0.137. The first-order valence-corrected chi connectivity index (χ1v) is 11.9. The molecular formula is C21H17Cl2F3N2OS2. The lowest BCUT2D eigenvalue weighted by Gasteiger charge is -2.10. The maximum absolute atomic E-state index is 12.9. The molecule has 2 aromatic carbocycles. The first-order chi connectivity index (χ1) is 14.8. The van der Waals surface area contributed by atoms with Gasteiger partial charge in [-0.2, -0.15) is 18.2 Å². The zero-order valence-electron chi connectivity index (χ0n) is 16.2. The number of alkyl halides is 3. The van der Waals surface area contributed by atoms with Gasteiger partial charge in [-0.05, 0) is 30.7 Å². The second-order valence-electron chi connectivity index (χ2n) is 6.24. The summed E-state index contributed by atoms with van der Waals surface area (Å²) in [5.41, 5.74) is 0.554. The Hall–Kier alpha value is -1.61. The van der Waals surface area contributed by atoms with Gasteiger partial charge in [0.2, 0.25) is 5.88 Å². The molecule has 0 aliphatic rings. The molecular weight excluding hydrogens is 488 g/mol. The van der Waals surface area contributed by atoms with Crippen molar-refractivity contribution in [2.75, 3.05) is 6.61 Å². The van der Waals surface area contributed by atoms with Crippen LogP contribution in [0.25, 0.3) is 0 Å². The number of hydrogen-bond acceptors (Lipinski definition) is 5. The number of thioether (sulfide) groups is 2. The van der Waals surface area contributed by atoms with Crippen molar-refractivity contribution < 1.29 is 17.9 Å². The van der Waals surface area contributed by atoms with Crippen LogP contribution in [0.2, 0.25) is 10.0 Å². The van der Waals surface area contributed by atoms with Crippen LogP contribution in [0, 0.1) is 0 Å². The van der Waals surface area contributed by atoms with Crippen molar-refractivity contribution in [3.63, 3.8) is 0 Å². The van der Waals surface area contributed by atoms with Gasteiger partial charge in [0.05, 0.1) is 27.9 Å². The largest absolute Gasteiger partial charge is 0.478 e. The predicted molar refractivity (Wildman–Crippen MR) is 120 cm³/mol. The quantitative estimate of drug-likeness (QED) is 0.231. The molecule has 10 heteroatoms. The first kappa shape index (κ1) is 24.0. The smallest absolute Gasteiger partial charge is 0.416 e. The van der Waals surface area contributed by atoms with Gasteiger partial charge < -0.3 is 4.74 Å². The van der Waals surface area contributed by atoms with Crippen LogP contribution in [0.3, 0.4) is 0 Å². The minimum atomic E-state index is -4.38. The minimum Gasteiger partial charge on any atom is -0.478 e. The molecule has 0 spiro atoms. The third-order valence-corrected chi connectivity index (χ3v) is 6.87. The van der Waals surface area contributed by atoms with Crippen molar-refractivity contribution in [1.29, 1.82) is 0 Å². The van der Waals surface area contributed by atoms with Crippen molar-refractivity contribution in [1.82, 2.24) is 9.97 Å². The average molecular weight is 505 g/mol.